The Bertz CT molecular complexity index is 782. The topological polar surface area (TPSA) is 64.6 Å². The van der Waals surface area contributed by atoms with Crippen LogP contribution >= 0.6 is 11.6 Å². The predicted molar refractivity (Wildman–Crippen MR) is 96.9 cm³/mol. The molecule has 7 heteroatoms. The second-order valence-corrected chi connectivity index (χ2v) is 6.04. The van der Waals surface area contributed by atoms with Crippen molar-refractivity contribution in [2.45, 2.75) is 19.8 Å². The van der Waals surface area contributed by atoms with Crippen LogP contribution in [0.1, 0.15) is 18.4 Å². The fraction of sp³-hybridized carbons (Fsp3) is 0.263. The number of halogens is 2. The molecule has 0 radical (unpaired) electrons. The largest absolute Gasteiger partial charge is 0.494 e. The number of amides is 1. The molecule has 0 bridgehead atoms. The van der Waals surface area contributed by atoms with E-state index in [0.29, 0.717) is 13.0 Å². The lowest BCUT2D eigenvalue weighted by Gasteiger charge is -2.08. The summed E-state index contributed by atoms with van der Waals surface area (Å²) in [6.07, 6.45) is 0.578. The van der Waals surface area contributed by atoms with E-state index in [1.807, 2.05) is 31.2 Å². The number of aryl methyl sites for hydroxylation is 1. The van der Waals surface area contributed by atoms with Crippen LogP contribution in [0.4, 0.5) is 10.1 Å². The molecule has 0 saturated carbocycles. The van der Waals surface area contributed by atoms with Crippen molar-refractivity contribution in [3.05, 3.63) is 58.9 Å². The highest BCUT2D eigenvalue weighted by Gasteiger charge is 2.10. The summed E-state index contributed by atoms with van der Waals surface area (Å²) in [5.41, 5.74) is 1.06. The number of hydrogen-bond donors (Lipinski definition) is 1. The Kier molecular flexibility index (Phi) is 7.41. The Hall–Kier alpha value is -2.60. The summed E-state index contributed by atoms with van der Waals surface area (Å²) in [5.74, 6) is -1.08. The molecule has 0 aromatic heterocycles. The summed E-state index contributed by atoms with van der Waals surface area (Å²) in [6, 6.07) is 11.5. The van der Waals surface area contributed by atoms with Crippen molar-refractivity contribution in [1.29, 1.82) is 0 Å². The van der Waals surface area contributed by atoms with E-state index in [1.165, 1.54) is 12.1 Å². The minimum atomic E-state index is -0.662. The van der Waals surface area contributed by atoms with E-state index in [1.54, 1.807) is 0 Å². The summed E-state index contributed by atoms with van der Waals surface area (Å²) >= 11 is 5.63. The van der Waals surface area contributed by atoms with Crippen molar-refractivity contribution in [2.24, 2.45) is 0 Å². The number of carbonyl (C=O) groups is 2. The molecule has 5 nitrogen and oxygen atoms in total. The molecule has 0 aliphatic heterocycles. The van der Waals surface area contributed by atoms with Crippen LogP contribution < -0.4 is 10.1 Å². The Morgan fingerprint density at radius 2 is 2.00 bits per heavy atom. The lowest BCUT2D eigenvalue weighted by atomic mass is 10.2. The van der Waals surface area contributed by atoms with Gasteiger partial charge in [-0.2, -0.15) is 0 Å². The first-order chi connectivity index (χ1) is 12.4. The van der Waals surface area contributed by atoms with Crippen LogP contribution in [0.3, 0.4) is 0 Å². The number of esters is 1. The van der Waals surface area contributed by atoms with Gasteiger partial charge < -0.3 is 14.8 Å². The molecule has 0 fully saturated rings. The minimum Gasteiger partial charge on any atom is -0.494 e. The smallest absolute Gasteiger partial charge is 0.306 e. The maximum absolute atomic E-state index is 13.6. The van der Waals surface area contributed by atoms with E-state index >= 15 is 0 Å². The van der Waals surface area contributed by atoms with Crippen LogP contribution in [0.5, 0.6) is 5.75 Å². The van der Waals surface area contributed by atoms with Gasteiger partial charge in [-0.15, -0.1) is 0 Å². The first-order valence-corrected chi connectivity index (χ1v) is 8.42. The molecule has 26 heavy (non-hydrogen) atoms. The van der Waals surface area contributed by atoms with Gasteiger partial charge in [-0.25, -0.2) is 4.39 Å². The fourth-order valence-corrected chi connectivity index (χ4v) is 2.27. The summed E-state index contributed by atoms with van der Waals surface area (Å²) in [4.78, 5) is 23.3. The molecule has 0 spiro atoms. The van der Waals surface area contributed by atoms with Crippen LogP contribution in [-0.4, -0.2) is 25.1 Å². The number of carbonyl (C=O) groups excluding carboxylic acids is 2. The van der Waals surface area contributed by atoms with Crippen molar-refractivity contribution in [1.82, 2.24) is 0 Å². The maximum Gasteiger partial charge on any atom is 0.306 e. The first-order valence-electron chi connectivity index (χ1n) is 8.04. The van der Waals surface area contributed by atoms with Crippen molar-refractivity contribution < 1.29 is 23.5 Å². The van der Waals surface area contributed by atoms with Crippen LogP contribution in [-0.2, 0) is 14.3 Å². The molecule has 2 aromatic carbocycles. The van der Waals surface area contributed by atoms with E-state index in [4.69, 9.17) is 21.1 Å². The van der Waals surface area contributed by atoms with E-state index in [2.05, 4.69) is 5.32 Å². The number of benzene rings is 2. The first kappa shape index (κ1) is 19.7. The van der Waals surface area contributed by atoms with E-state index in [9.17, 15) is 14.0 Å². The Labute approximate surface area is 156 Å². The van der Waals surface area contributed by atoms with Crippen LogP contribution in [0.15, 0.2) is 42.5 Å². The zero-order valence-electron chi connectivity index (χ0n) is 14.3. The van der Waals surface area contributed by atoms with Crippen LogP contribution in [0.25, 0.3) is 0 Å². The van der Waals surface area contributed by atoms with Gasteiger partial charge in [-0.3, -0.25) is 9.59 Å². The number of anilines is 1. The van der Waals surface area contributed by atoms with Crippen molar-refractivity contribution in [2.75, 3.05) is 18.5 Å². The van der Waals surface area contributed by atoms with Gasteiger partial charge >= 0.3 is 5.97 Å². The molecule has 0 saturated heterocycles. The average Bonchev–Trinajstić information content (AvgIpc) is 2.59. The molecule has 0 aliphatic rings. The Morgan fingerprint density at radius 3 is 2.73 bits per heavy atom. The van der Waals surface area contributed by atoms with E-state index in [-0.39, 0.29) is 17.1 Å². The van der Waals surface area contributed by atoms with Gasteiger partial charge in [-0.1, -0.05) is 23.7 Å². The second-order valence-electron chi connectivity index (χ2n) is 5.60. The molecule has 1 N–H and O–H groups in total. The van der Waals surface area contributed by atoms with Crippen molar-refractivity contribution >= 4 is 29.2 Å². The zero-order valence-corrected chi connectivity index (χ0v) is 15.0. The second kappa shape index (κ2) is 9.77. The molecule has 0 unspecified atom stereocenters. The lowest BCUT2D eigenvalue weighted by Crippen LogP contribution is -2.21. The molecule has 138 valence electrons. The molecule has 2 aromatic rings. The van der Waals surface area contributed by atoms with E-state index < -0.39 is 24.3 Å². The highest BCUT2D eigenvalue weighted by Crippen LogP contribution is 2.18. The summed E-state index contributed by atoms with van der Waals surface area (Å²) in [5, 5.41) is 2.53. The number of nitrogens with one attached hydrogen (secondary N) is 1. The number of hydrogen-bond acceptors (Lipinski definition) is 4. The standard InChI is InChI=1S/C19H19ClFNO4/c1-13-4-2-5-15(10-13)25-9-3-6-19(24)26-12-18(23)22-17-8-7-14(20)11-16(17)21/h2,4-5,7-8,10-11H,3,6,9,12H2,1H3,(H,22,23). The number of rotatable bonds is 8. The van der Waals surface area contributed by atoms with Crippen LogP contribution in [0.2, 0.25) is 5.02 Å². The molecule has 0 atom stereocenters. The van der Waals surface area contributed by atoms with Crippen molar-refractivity contribution in [3.8, 4) is 5.75 Å². The maximum atomic E-state index is 13.6. The quantitative estimate of drug-likeness (QED) is 0.553. The third-order valence-corrected chi connectivity index (χ3v) is 3.59. The monoisotopic (exact) mass is 379 g/mol. The summed E-state index contributed by atoms with van der Waals surface area (Å²) in [7, 11) is 0. The van der Waals surface area contributed by atoms with Gasteiger partial charge in [0, 0.05) is 11.4 Å². The third kappa shape index (κ3) is 6.72. The van der Waals surface area contributed by atoms with Crippen molar-refractivity contribution in [3.63, 3.8) is 0 Å². The van der Waals surface area contributed by atoms with Gasteiger partial charge in [0.2, 0.25) is 0 Å². The van der Waals surface area contributed by atoms with Gasteiger partial charge in [0.05, 0.1) is 12.3 Å². The molecule has 0 heterocycles. The van der Waals surface area contributed by atoms with Gasteiger partial charge in [-0.05, 0) is 49.2 Å². The highest BCUT2D eigenvalue weighted by atomic mass is 35.5. The Balaban J connectivity index is 1.64. The highest BCUT2D eigenvalue weighted by molar-refractivity contribution is 6.30. The minimum absolute atomic E-state index is 0.0259. The lowest BCUT2D eigenvalue weighted by molar-refractivity contribution is -0.147. The van der Waals surface area contributed by atoms with Crippen LogP contribution in [0, 0.1) is 12.7 Å². The molecular weight excluding hydrogens is 361 g/mol. The zero-order chi connectivity index (χ0) is 18.9. The average molecular weight is 380 g/mol. The normalized spacial score (nSPS) is 10.3. The van der Waals surface area contributed by atoms with E-state index in [0.717, 1.165) is 17.4 Å². The Morgan fingerprint density at radius 1 is 1.19 bits per heavy atom. The predicted octanol–water partition coefficient (Wildman–Crippen LogP) is 4.13. The molecular formula is C19H19ClFNO4. The molecule has 2 rings (SSSR count). The van der Waals surface area contributed by atoms with Gasteiger partial charge in [0.15, 0.2) is 6.61 Å². The molecule has 0 aliphatic carbocycles. The molecule has 1 amide bonds. The summed E-state index contributed by atoms with van der Waals surface area (Å²) < 4.78 is 23.9. The third-order valence-electron chi connectivity index (χ3n) is 3.35. The summed E-state index contributed by atoms with van der Waals surface area (Å²) in [6.45, 7) is 1.84. The van der Waals surface area contributed by atoms with Gasteiger partial charge in [0.1, 0.15) is 11.6 Å². The van der Waals surface area contributed by atoms with Gasteiger partial charge in [0.25, 0.3) is 5.91 Å². The number of ether oxygens (including phenoxy) is 2. The SMILES string of the molecule is Cc1cccc(OCCCC(=O)OCC(=O)Nc2ccc(Cl)cc2F)c1. The fourth-order valence-electron chi connectivity index (χ4n) is 2.11.